The molecule has 12 heteroatoms. The minimum Gasteiger partial charge on any atom is -0.495 e. The number of carbonyl (C=O) groups is 1. The van der Waals surface area contributed by atoms with E-state index in [0.717, 1.165) is 6.26 Å². The fourth-order valence-corrected chi connectivity index (χ4v) is 5.72. The van der Waals surface area contributed by atoms with E-state index in [0.29, 0.717) is 22.0 Å². The first-order chi connectivity index (χ1) is 15.8. The summed E-state index contributed by atoms with van der Waals surface area (Å²) < 4.78 is 58.6. The van der Waals surface area contributed by atoms with E-state index in [1.807, 2.05) is 0 Å². The lowest BCUT2D eigenvalue weighted by atomic mass is 10.2. The van der Waals surface area contributed by atoms with Gasteiger partial charge in [-0.3, -0.25) is 9.10 Å². The SMILES string of the molecule is COc1ccc(S(=O)(=O)NC(C)C)cc1NC(=O)CCCN(c1cccc(Cl)c1C)S(C)(=O)=O. The van der Waals surface area contributed by atoms with Crippen LogP contribution < -0.4 is 19.1 Å². The minimum atomic E-state index is -3.77. The van der Waals surface area contributed by atoms with Crippen LogP contribution in [0.5, 0.6) is 5.75 Å². The highest BCUT2D eigenvalue weighted by molar-refractivity contribution is 7.92. The number of benzene rings is 2. The fourth-order valence-electron chi connectivity index (χ4n) is 3.26. The summed E-state index contributed by atoms with van der Waals surface area (Å²) in [4.78, 5) is 12.6. The number of rotatable bonds is 11. The Morgan fingerprint density at radius 1 is 1.15 bits per heavy atom. The molecule has 9 nitrogen and oxygen atoms in total. The maximum atomic E-state index is 12.6. The Morgan fingerprint density at radius 2 is 1.82 bits per heavy atom. The summed E-state index contributed by atoms with van der Waals surface area (Å²) in [5.74, 6) is -0.120. The largest absolute Gasteiger partial charge is 0.495 e. The van der Waals surface area contributed by atoms with Crippen molar-refractivity contribution in [1.82, 2.24) is 4.72 Å². The second-order valence-electron chi connectivity index (χ2n) is 8.01. The molecule has 188 valence electrons. The zero-order chi connectivity index (χ0) is 25.7. The molecule has 0 bridgehead atoms. The Hall–Kier alpha value is -2.34. The van der Waals surface area contributed by atoms with Crippen LogP contribution in [0, 0.1) is 6.92 Å². The first-order valence-electron chi connectivity index (χ1n) is 10.5. The molecule has 0 unspecified atom stereocenters. The van der Waals surface area contributed by atoms with Crippen molar-refractivity contribution in [2.24, 2.45) is 0 Å². The number of nitrogens with one attached hydrogen (secondary N) is 2. The van der Waals surface area contributed by atoms with Crippen molar-refractivity contribution in [3.63, 3.8) is 0 Å². The average Bonchev–Trinajstić information content (AvgIpc) is 2.72. The molecule has 34 heavy (non-hydrogen) atoms. The molecule has 0 spiro atoms. The molecule has 0 saturated carbocycles. The van der Waals surface area contributed by atoms with Gasteiger partial charge < -0.3 is 10.1 Å². The van der Waals surface area contributed by atoms with E-state index < -0.39 is 26.0 Å². The van der Waals surface area contributed by atoms with Gasteiger partial charge in [-0.1, -0.05) is 17.7 Å². The van der Waals surface area contributed by atoms with Gasteiger partial charge in [0.2, 0.25) is 26.0 Å². The third-order valence-corrected chi connectivity index (χ3v) is 8.06. The molecule has 0 atom stereocenters. The first kappa shape index (κ1) is 27.9. The molecule has 1 amide bonds. The van der Waals surface area contributed by atoms with Gasteiger partial charge in [0, 0.05) is 24.0 Å². The lowest BCUT2D eigenvalue weighted by Gasteiger charge is -2.24. The number of methoxy groups -OCH3 is 1. The Morgan fingerprint density at radius 3 is 2.41 bits per heavy atom. The number of sulfonamides is 2. The lowest BCUT2D eigenvalue weighted by molar-refractivity contribution is -0.116. The van der Waals surface area contributed by atoms with Crippen LogP contribution in [-0.4, -0.2) is 48.7 Å². The molecule has 2 N–H and O–H groups in total. The molecule has 0 aliphatic carbocycles. The maximum absolute atomic E-state index is 12.6. The predicted octanol–water partition coefficient (Wildman–Crippen LogP) is 3.53. The van der Waals surface area contributed by atoms with Gasteiger partial charge in [-0.15, -0.1) is 0 Å². The molecular formula is C22H30ClN3O6S2. The summed E-state index contributed by atoms with van der Waals surface area (Å²) in [6, 6.07) is 8.85. The smallest absolute Gasteiger partial charge is 0.240 e. The zero-order valence-corrected chi connectivity index (χ0v) is 22.1. The fraction of sp³-hybridized carbons (Fsp3) is 0.409. The molecule has 0 radical (unpaired) electrons. The van der Waals surface area contributed by atoms with Crippen molar-refractivity contribution in [3.05, 3.63) is 47.0 Å². The molecule has 0 heterocycles. The Kier molecular flexibility index (Phi) is 9.35. The van der Waals surface area contributed by atoms with E-state index in [2.05, 4.69) is 10.0 Å². The van der Waals surface area contributed by atoms with Crippen LogP contribution in [0.4, 0.5) is 11.4 Å². The molecule has 2 aromatic carbocycles. The lowest BCUT2D eigenvalue weighted by Crippen LogP contribution is -2.32. The van der Waals surface area contributed by atoms with Crippen molar-refractivity contribution >= 4 is 48.9 Å². The minimum absolute atomic E-state index is 0.00396. The summed E-state index contributed by atoms with van der Waals surface area (Å²) >= 11 is 6.14. The highest BCUT2D eigenvalue weighted by Gasteiger charge is 2.21. The van der Waals surface area contributed by atoms with Gasteiger partial charge >= 0.3 is 0 Å². The predicted molar refractivity (Wildman–Crippen MR) is 135 cm³/mol. The van der Waals surface area contributed by atoms with Crippen molar-refractivity contribution in [2.45, 2.75) is 44.6 Å². The molecule has 2 aromatic rings. The highest BCUT2D eigenvalue weighted by atomic mass is 35.5. The summed E-state index contributed by atoms with van der Waals surface area (Å²) in [7, 11) is -5.97. The number of amides is 1. The van der Waals surface area contributed by atoms with Gasteiger partial charge in [-0.25, -0.2) is 21.6 Å². The van der Waals surface area contributed by atoms with Gasteiger partial charge in [0.25, 0.3) is 0 Å². The number of halogens is 1. The van der Waals surface area contributed by atoms with Crippen LogP contribution in [0.3, 0.4) is 0 Å². The average molecular weight is 532 g/mol. The van der Waals surface area contributed by atoms with E-state index in [1.165, 1.54) is 29.6 Å². The van der Waals surface area contributed by atoms with Gasteiger partial charge in [0.05, 0.1) is 29.6 Å². The third-order valence-electron chi connectivity index (χ3n) is 4.82. The summed E-state index contributed by atoms with van der Waals surface area (Å²) in [5, 5.41) is 3.10. The van der Waals surface area contributed by atoms with E-state index in [4.69, 9.17) is 16.3 Å². The van der Waals surface area contributed by atoms with Crippen LogP contribution in [0.15, 0.2) is 41.3 Å². The molecule has 0 aromatic heterocycles. The van der Waals surface area contributed by atoms with Crippen molar-refractivity contribution in [1.29, 1.82) is 0 Å². The standard InChI is InChI=1S/C22H30ClN3O6S2/c1-15(2)25-34(30,31)17-11-12-21(32-4)19(14-17)24-22(27)10-7-13-26(33(5,28)29)20-9-6-8-18(23)16(20)3/h6,8-9,11-12,14-15,25H,7,10,13H2,1-5H3,(H,24,27). The number of anilines is 2. The maximum Gasteiger partial charge on any atom is 0.240 e. The molecule has 0 fully saturated rings. The molecule has 0 aliphatic rings. The molecule has 2 rings (SSSR count). The van der Waals surface area contributed by atoms with Crippen molar-refractivity contribution in [3.8, 4) is 5.75 Å². The van der Waals surface area contributed by atoms with Crippen LogP contribution in [0.1, 0.15) is 32.3 Å². The zero-order valence-electron chi connectivity index (χ0n) is 19.8. The number of ether oxygens (including phenoxy) is 1. The monoisotopic (exact) mass is 531 g/mol. The van der Waals surface area contributed by atoms with Crippen LogP contribution in [0.2, 0.25) is 5.02 Å². The molecule has 0 aliphatic heterocycles. The number of hydrogen-bond donors (Lipinski definition) is 2. The number of hydrogen-bond acceptors (Lipinski definition) is 6. The van der Waals surface area contributed by atoms with Crippen molar-refractivity contribution < 1.29 is 26.4 Å². The summed E-state index contributed by atoms with van der Waals surface area (Å²) in [6.07, 6.45) is 1.31. The van der Waals surface area contributed by atoms with E-state index in [1.54, 1.807) is 39.0 Å². The third kappa shape index (κ3) is 7.33. The number of nitrogens with zero attached hydrogens (tertiary/aromatic N) is 1. The Balaban J connectivity index is 2.15. The van der Waals surface area contributed by atoms with E-state index in [-0.39, 0.29) is 36.0 Å². The van der Waals surface area contributed by atoms with Crippen molar-refractivity contribution in [2.75, 3.05) is 29.5 Å². The first-order valence-corrected chi connectivity index (χ1v) is 14.2. The quantitative estimate of drug-likeness (QED) is 0.457. The Labute approximate surface area is 206 Å². The van der Waals surface area contributed by atoms with Crippen LogP contribution >= 0.6 is 11.6 Å². The van der Waals surface area contributed by atoms with Crippen LogP contribution in [-0.2, 0) is 24.8 Å². The summed E-state index contributed by atoms with van der Waals surface area (Å²) in [5.41, 5.74) is 1.27. The molecular weight excluding hydrogens is 502 g/mol. The normalized spacial score (nSPS) is 12.0. The molecule has 0 saturated heterocycles. The van der Waals surface area contributed by atoms with E-state index >= 15 is 0 Å². The van der Waals surface area contributed by atoms with Gasteiger partial charge in [0.1, 0.15) is 5.75 Å². The van der Waals surface area contributed by atoms with E-state index in [9.17, 15) is 21.6 Å². The second-order valence-corrected chi connectivity index (χ2v) is 12.0. The number of carbonyl (C=O) groups excluding carboxylic acids is 1. The van der Waals surface area contributed by atoms with Gasteiger partial charge in [-0.2, -0.15) is 0 Å². The second kappa shape index (κ2) is 11.4. The topological polar surface area (TPSA) is 122 Å². The highest BCUT2D eigenvalue weighted by Crippen LogP contribution is 2.29. The summed E-state index contributed by atoms with van der Waals surface area (Å²) in [6.45, 7) is 5.20. The Bertz CT molecular complexity index is 1250. The van der Waals surface area contributed by atoms with Gasteiger partial charge in [0.15, 0.2) is 0 Å². The van der Waals surface area contributed by atoms with Crippen LogP contribution in [0.25, 0.3) is 0 Å². The van der Waals surface area contributed by atoms with Gasteiger partial charge in [-0.05, 0) is 63.1 Å².